The number of aryl methyl sites for hydroxylation is 1. The average molecular weight is 504 g/mol. The fraction of sp³-hybridized carbons (Fsp3) is 0.500. The first-order chi connectivity index (χ1) is 17.9. The first kappa shape index (κ1) is 25.0. The van der Waals surface area contributed by atoms with Gasteiger partial charge in [0.15, 0.2) is 17.1 Å². The molecule has 0 aromatic carbocycles. The molecule has 1 N–H and O–H groups in total. The highest BCUT2D eigenvalue weighted by Crippen LogP contribution is 2.34. The molecular weight excluding hydrogens is 470 g/mol. The fourth-order valence-corrected chi connectivity index (χ4v) is 5.24. The van der Waals surface area contributed by atoms with Gasteiger partial charge in [-0.05, 0) is 57.6 Å². The first-order valence-electron chi connectivity index (χ1n) is 13.1. The van der Waals surface area contributed by atoms with E-state index in [0.29, 0.717) is 55.3 Å². The summed E-state index contributed by atoms with van der Waals surface area (Å²) in [5, 5.41) is 9.33. The van der Waals surface area contributed by atoms with E-state index in [0.717, 1.165) is 35.6 Å². The summed E-state index contributed by atoms with van der Waals surface area (Å²) in [5.41, 5.74) is 8.59. The van der Waals surface area contributed by atoms with Crippen LogP contribution >= 0.6 is 0 Å². The van der Waals surface area contributed by atoms with Crippen molar-refractivity contribution in [3.8, 4) is 0 Å². The molecule has 2 aromatic rings. The molecule has 0 saturated heterocycles. The van der Waals surface area contributed by atoms with Gasteiger partial charge in [0, 0.05) is 43.0 Å². The molecule has 0 radical (unpaired) electrons. The average Bonchev–Trinajstić information content (AvgIpc) is 3.22. The van der Waals surface area contributed by atoms with Gasteiger partial charge in [0.25, 0.3) is 5.56 Å². The van der Waals surface area contributed by atoms with Crippen molar-refractivity contribution in [2.45, 2.75) is 78.6 Å². The highest BCUT2D eigenvalue weighted by atomic mass is 16.5. The van der Waals surface area contributed by atoms with Crippen LogP contribution in [0.3, 0.4) is 0 Å². The number of allylic oxidation sites excluding steroid dienone is 6. The Morgan fingerprint density at radius 3 is 2.65 bits per heavy atom. The monoisotopic (exact) mass is 503 g/mol. The number of hydrogen-bond donors (Lipinski definition) is 1. The maximum Gasteiger partial charge on any atom is 0.332 e. The summed E-state index contributed by atoms with van der Waals surface area (Å²) in [6.07, 6.45) is 9.61. The molecule has 2 aliphatic carbocycles. The molecule has 1 saturated carbocycles. The molecule has 3 heterocycles. The molecule has 0 bridgehead atoms. The van der Waals surface area contributed by atoms with Crippen LogP contribution in [0.25, 0.3) is 16.7 Å². The standard InChI is InChI=1S/C28H33N5O4/c1-4-31-26-24(27(35)32(28(31)36)13-8-14-34)33(17-20-9-6-5-7-10-20)25(30-26)22-11-12-23(29-19(22)3)37-21-15-18(2)16-21/h5-6,9,18,21,34H,4,8,11-17H2,1-3H3/t18-,21-. The van der Waals surface area contributed by atoms with Crippen molar-refractivity contribution in [3.63, 3.8) is 0 Å². The van der Waals surface area contributed by atoms with Crippen LogP contribution in [0.4, 0.5) is 0 Å². The smallest absolute Gasteiger partial charge is 0.332 e. The van der Waals surface area contributed by atoms with Gasteiger partial charge in [-0.25, -0.2) is 14.8 Å². The van der Waals surface area contributed by atoms with Gasteiger partial charge in [0.2, 0.25) is 0 Å². The lowest BCUT2D eigenvalue weighted by molar-refractivity contribution is 0.0601. The second kappa shape index (κ2) is 10.4. The number of nitrogens with zero attached hydrogens (tertiary/aromatic N) is 5. The maximum atomic E-state index is 13.7. The third kappa shape index (κ3) is 4.74. The maximum absolute atomic E-state index is 13.7. The minimum Gasteiger partial charge on any atom is -0.477 e. The Kier molecular flexibility index (Phi) is 7.02. The van der Waals surface area contributed by atoms with Crippen LogP contribution in [0, 0.1) is 5.92 Å². The number of hydrogen-bond acceptors (Lipinski definition) is 6. The zero-order chi connectivity index (χ0) is 26.1. The van der Waals surface area contributed by atoms with Crippen LogP contribution in [0.15, 0.2) is 55.5 Å². The molecule has 0 atom stereocenters. The van der Waals surface area contributed by atoms with Crippen molar-refractivity contribution in [2.75, 3.05) is 6.61 Å². The molecule has 1 aliphatic heterocycles. The zero-order valence-electron chi connectivity index (χ0n) is 21.7. The topological polar surface area (TPSA) is 104 Å². The lowest BCUT2D eigenvalue weighted by Crippen LogP contribution is -2.40. The largest absolute Gasteiger partial charge is 0.477 e. The lowest BCUT2D eigenvalue weighted by Gasteiger charge is -2.33. The van der Waals surface area contributed by atoms with Crippen molar-refractivity contribution >= 4 is 22.6 Å². The number of rotatable bonds is 8. The molecule has 9 heteroatoms. The third-order valence-electron chi connectivity index (χ3n) is 7.23. The summed E-state index contributed by atoms with van der Waals surface area (Å²) >= 11 is 0. The summed E-state index contributed by atoms with van der Waals surface area (Å²) in [7, 11) is 0. The molecule has 2 aromatic heterocycles. The van der Waals surface area contributed by atoms with Crippen molar-refractivity contribution in [3.05, 3.63) is 67.6 Å². The van der Waals surface area contributed by atoms with E-state index in [1.807, 2.05) is 30.6 Å². The van der Waals surface area contributed by atoms with Crippen LogP contribution in [-0.2, 0) is 24.4 Å². The summed E-state index contributed by atoms with van der Waals surface area (Å²) in [5.74, 6) is 2.08. The molecule has 3 aliphatic rings. The van der Waals surface area contributed by atoms with Gasteiger partial charge in [0.05, 0.1) is 6.54 Å². The first-order valence-corrected chi connectivity index (χ1v) is 13.1. The van der Waals surface area contributed by atoms with Crippen LogP contribution in [0.1, 0.15) is 58.7 Å². The van der Waals surface area contributed by atoms with E-state index in [1.165, 1.54) is 9.13 Å². The predicted molar refractivity (Wildman–Crippen MR) is 142 cm³/mol. The molecule has 9 nitrogen and oxygen atoms in total. The summed E-state index contributed by atoms with van der Waals surface area (Å²) in [6, 6.07) is 0. The van der Waals surface area contributed by atoms with Gasteiger partial charge < -0.3 is 14.4 Å². The summed E-state index contributed by atoms with van der Waals surface area (Å²) in [6.45, 7) is 6.78. The Morgan fingerprint density at radius 2 is 2.00 bits per heavy atom. The van der Waals surface area contributed by atoms with Crippen LogP contribution in [0.5, 0.6) is 0 Å². The molecular formula is C28H33N5O4. The van der Waals surface area contributed by atoms with Crippen molar-refractivity contribution < 1.29 is 9.84 Å². The molecule has 5 rings (SSSR count). The van der Waals surface area contributed by atoms with Gasteiger partial charge in [-0.2, -0.15) is 0 Å². The second-order valence-corrected chi connectivity index (χ2v) is 9.96. The Bertz CT molecular complexity index is 1550. The van der Waals surface area contributed by atoms with Crippen molar-refractivity contribution in [1.82, 2.24) is 18.7 Å². The number of aliphatic hydroxyl groups excluding tert-OH is 1. The SMILES string of the molecule is CCn1c(=O)n(CCCO)c(=O)c2c1nc(C1=C(C)N=C(O[C@H]3C[C@H](C)C3)CC1)n2CC1=C=C=CC=C1. The number of imidazole rings is 1. The van der Waals surface area contributed by atoms with Crippen LogP contribution < -0.4 is 11.2 Å². The predicted octanol–water partition coefficient (Wildman–Crippen LogP) is 3.31. The summed E-state index contributed by atoms with van der Waals surface area (Å²) < 4.78 is 10.7. The van der Waals surface area contributed by atoms with Gasteiger partial charge in [-0.1, -0.05) is 24.5 Å². The van der Waals surface area contributed by atoms with Crippen LogP contribution in [0.2, 0.25) is 0 Å². The Balaban J connectivity index is 1.68. The molecule has 194 valence electrons. The Morgan fingerprint density at radius 1 is 1.19 bits per heavy atom. The van der Waals surface area contributed by atoms with E-state index in [-0.39, 0.29) is 19.3 Å². The molecule has 0 amide bonds. The van der Waals surface area contributed by atoms with E-state index in [9.17, 15) is 14.7 Å². The number of ether oxygens (including phenoxy) is 1. The van der Waals surface area contributed by atoms with Crippen molar-refractivity contribution in [1.29, 1.82) is 0 Å². The highest BCUT2D eigenvalue weighted by molar-refractivity contribution is 5.86. The molecule has 1 fully saturated rings. The van der Waals surface area contributed by atoms with E-state index in [4.69, 9.17) is 14.7 Å². The number of aromatic nitrogens is 4. The van der Waals surface area contributed by atoms with E-state index >= 15 is 0 Å². The quantitative estimate of drug-likeness (QED) is 0.557. The number of aliphatic hydroxyl groups is 1. The van der Waals surface area contributed by atoms with Gasteiger partial charge in [-0.3, -0.25) is 13.9 Å². The van der Waals surface area contributed by atoms with E-state index in [2.05, 4.69) is 18.4 Å². The molecule has 0 unspecified atom stereocenters. The summed E-state index contributed by atoms with van der Waals surface area (Å²) in [4.78, 5) is 36.5. The van der Waals surface area contributed by atoms with Gasteiger partial charge in [-0.15, -0.1) is 0 Å². The normalized spacial score (nSPS) is 20.9. The minimum atomic E-state index is -0.415. The minimum absolute atomic E-state index is 0.108. The Labute approximate surface area is 215 Å². The Hall–Kier alpha value is -3.64. The number of aliphatic imine (C=N–C) groups is 1. The third-order valence-corrected chi connectivity index (χ3v) is 7.23. The molecule has 0 spiro atoms. The lowest BCUT2D eigenvalue weighted by atomic mass is 9.84. The van der Waals surface area contributed by atoms with Crippen molar-refractivity contribution in [2.24, 2.45) is 10.9 Å². The van der Waals surface area contributed by atoms with E-state index in [1.54, 1.807) is 6.08 Å². The van der Waals surface area contributed by atoms with Gasteiger partial charge >= 0.3 is 5.69 Å². The number of fused-ring (bicyclic) bond motifs is 1. The van der Waals surface area contributed by atoms with E-state index < -0.39 is 11.2 Å². The molecule has 37 heavy (non-hydrogen) atoms. The van der Waals surface area contributed by atoms with Crippen LogP contribution in [-0.4, -0.2) is 42.4 Å². The highest BCUT2D eigenvalue weighted by Gasteiger charge is 2.30. The zero-order valence-corrected chi connectivity index (χ0v) is 21.7. The second-order valence-electron chi connectivity index (χ2n) is 9.96. The van der Waals surface area contributed by atoms with Gasteiger partial charge in [0.1, 0.15) is 11.9 Å². The fourth-order valence-electron chi connectivity index (χ4n) is 5.24.